The maximum Gasteiger partial charge on any atom is 0.00389 e. The number of piperidine rings is 1. The molecule has 0 aromatic heterocycles. The van der Waals surface area contributed by atoms with Crippen LogP contribution in [0.5, 0.6) is 0 Å². The molecule has 1 rings (SSSR count). The van der Waals surface area contributed by atoms with Crippen LogP contribution >= 0.6 is 0 Å². The minimum absolute atomic E-state index is 0.770. The van der Waals surface area contributed by atoms with Gasteiger partial charge in [-0.25, -0.2) is 0 Å². The second-order valence-electron chi connectivity index (χ2n) is 2.99. The van der Waals surface area contributed by atoms with E-state index in [0.717, 1.165) is 12.0 Å². The van der Waals surface area contributed by atoms with E-state index in [-0.39, 0.29) is 0 Å². The summed E-state index contributed by atoms with van der Waals surface area (Å²) in [5.41, 5.74) is 4.50. The van der Waals surface area contributed by atoms with Gasteiger partial charge < -0.3 is 11.1 Å². The number of nitrogens with one attached hydrogen (secondary N) is 1. The highest BCUT2D eigenvalue weighted by atomic mass is 14.9. The fraction of sp³-hybridized carbons (Fsp3) is 1.00. The Kier molecular flexibility index (Phi) is 13.1. The van der Waals surface area contributed by atoms with Gasteiger partial charge in [0, 0.05) is 6.04 Å². The Morgan fingerprint density at radius 2 is 1.58 bits per heavy atom. The zero-order valence-electron chi connectivity index (χ0n) is 9.35. The van der Waals surface area contributed by atoms with Crippen LogP contribution in [0.2, 0.25) is 0 Å². The van der Waals surface area contributed by atoms with Crippen molar-refractivity contribution in [1.82, 2.24) is 5.32 Å². The number of hydrogen-bond acceptors (Lipinski definition) is 2. The first-order chi connectivity index (χ1) is 5.79. The molecular weight excluding hydrogens is 148 g/mol. The summed E-state index contributed by atoms with van der Waals surface area (Å²) in [7, 11) is 1.50. The molecule has 0 amide bonds. The van der Waals surface area contributed by atoms with Gasteiger partial charge in [0.25, 0.3) is 0 Å². The SMILES string of the molecule is CC.CC1CCC(C)NC1.CN. The van der Waals surface area contributed by atoms with Crippen LogP contribution in [0.1, 0.15) is 40.5 Å². The van der Waals surface area contributed by atoms with Crippen LogP contribution in [-0.2, 0) is 0 Å². The summed E-state index contributed by atoms with van der Waals surface area (Å²) in [4.78, 5) is 0. The van der Waals surface area contributed by atoms with Gasteiger partial charge in [-0.15, -0.1) is 0 Å². The Balaban J connectivity index is 0. The molecule has 0 saturated carbocycles. The molecule has 0 aromatic rings. The first kappa shape index (κ1) is 14.4. The second kappa shape index (κ2) is 10.9. The smallest absolute Gasteiger partial charge is 0.00389 e. The standard InChI is InChI=1S/C7H15N.C2H6.CH5N/c1-6-3-4-7(2)8-5-6;2*1-2/h6-8H,3-5H2,1-2H3;1-2H3;2H2,1H3. The maximum absolute atomic E-state index is 4.50. The third kappa shape index (κ3) is 8.02. The first-order valence-corrected chi connectivity index (χ1v) is 5.10. The molecule has 0 aromatic carbocycles. The third-order valence-corrected chi connectivity index (χ3v) is 1.91. The minimum Gasteiger partial charge on any atom is -0.333 e. The number of hydrogen-bond donors (Lipinski definition) is 2. The molecule has 1 aliphatic rings. The molecule has 12 heavy (non-hydrogen) atoms. The summed E-state index contributed by atoms with van der Waals surface area (Å²) in [6, 6.07) is 0.770. The first-order valence-electron chi connectivity index (χ1n) is 5.10. The molecule has 2 unspecified atom stereocenters. The van der Waals surface area contributed by atoms with Crippen molar-refractivity contribution in [3.63, 3.8) is 0 Å². The summed E-state index contributed by atoms with van der Waals surface area (Å²) in [5.74, 6) is 0.909. The van der Waals surface area contributed by atoms with E-state index in [9.17, 15) is 0 Å². The molecule has 0 bridgehead atoms. The van der Waals surface area contributed by atoms with Crippen LogP contribution in [-0.4, -0.2) is 19.6 Å². The summed E-state index contributed by atoms with van der Waals surface area (Å²) >= 11 is 0. The Labute approximate surface area is 77.9 Å². The Morgan fingerprint density at radius 3 is 1.83 bits per heavy atom. The molecule has 1 aliphatic heterocycles. The van der Waals surface area contributed by atoms with Crippen molar-refractivity contribution in [2.45, 2.75) is 46.6 Å². The van der Waals surface area contributed by atoms with Gasteiger partial charge in [-0.1, -0.05) is 20.8 Å². The molecule has 2 heteroatoms. The van der Waals surface area contributed by atoms with Gasteiger partial charge in [-0.3, -0.25) is 0 Å². The van der Waals surface area contributed by atoms with Gasteiger partial charge >= 0.3 is 0 Å². The van der Waals surface area contributed by atoms with Crippen molar-refractivity contribution in [1.29, 1.82) is 0 Å². The molecular formula is C10H26N2. The molecule has 3 N–H and O–H groups in total. The summed E-state index contributed by atoms with van der Waals surface area (Å²) < 4.78 is 0. The van der Waals surface area contributed by atoms with Crippen molar-refractivity contribution in [2.24, 2.45) is 11.7 Å². The van der Waals surface area contributed by atoms with Gasteiger partial charge in [0.05, 0.1) is 0 Å². The number of rotatable bonds is 0. The van der Waals surface area contributed by atoms with Gasteiger partial charge in [-0.2, -0.15) is 0 Å². The molecule has 2 nitrogen and oxygen atoms in total. The van der Waals surface area contributed by atoms with E-state index in [0.29, 0.717) is 0 Å². The zero-order chi connectivity index (χ0) is 9.98. The molecule has 2 atom stereocenters. The lowest BCUT2D eigenvalue weighted by Gasteiger charge is -2.24. The van der Waals surface area contributed by atoms with Crippen LogP contribution in [0.25, 0.3) is 0 Å². The van der Waals surface area contributed by atoms with Crippen molar-refractivity contribution in [3.8, 4) is 0 Å². The lowest BCUT2D eigenvalue weighted by molar-refractivity contribution is 0.343. The van der Waals surface area contributed by atoms with Gasteiger partial charge in [0.15, 0.2) is 0 Å². The largest absolute Gasteiger partial charge is 0.333 e. The van der Waals surface area contributed by atoms with E-state index in [4.69, 9.17) is 0 Å². The zero-order valence-corrected chi connectivity index (χ0v) is 9.35. The Morgan fingerprint density at radius 1 is 1.08 bits per heavy atom. The van der Waals surface area contributed by atoms with Crippen LogP contribution in [0.4, 0.5) is 0 Å². The normalized spacial score (nSPS) is 27.5. The fourth-order valence-electron chi connectivity index (χ4n) is 1.14. The molecule has 0 aliphatic carbocycles. The topological polar surface area (TPSA) is 38.0 Å². The van der Waals surface area contributed by atoms with Crippen molar-refractivity contribution >= 4 is 0 Å². The van der Waals surface area contributed by atoms with Crippen LogP contribution in [0.15, 0.2) is 0 Å². The van der Waals surface area contributed by atoms with Crippen molar-refractivity contribution in [2.75, 3.05) is 13.6 Å². The third-order valence-electron chi connectivity index (χ3n) is 1.91. The van der Waals surface area contributed by atoms with Gasteiger partial charge in [0.1, 0.15) is 0 Å². The lowest BCUT2D eigenvalue weighted by atomic mass is 9.98. The van der Waals surface area contributed by atoms with E-state index in [1.165, 1.54) is 26.4 Å². The quantitative estimate of drug-likeness (QED) is 0.589. The molecule has 1 fully saturated rings. The van der Waals surface area contributed by atoms with E-state index in [2.05, 4.69) is 24.9 Å². The maximum atomic E-state index is 4.50. The van der Waals surface area contributed by atoms with E-state index in [1.807, 2.05) is 13.8 Å². The molecule has 1 heterocycles. The Hall–Kier alpha value is -0.0800. The monoisotopic (exact) mass is 174 g/mol. The fourth-order valence-corrected chi connectivity index (χ4v) is 1.14. The molecule has 0 radical (unpaired) electrons. The summed E-state index contributed by atoms with van der Waals surface area (Å²) in [6.07, 6.45) is 2.77. The highest BCUT2D eigenvalue weighted by Crippen LogP contribution is 2.11. The molecule has 76 valence electrons. The predicted octanol–water partition coefficient (Wildman–Crippen LogP) is 2.00. The second-order valence-corrected chi connectivity index (χ2v) is 2.99. The van der Waals surface area contributed by atoms with Crippen molar-refractivity contribution in [3.05, 3.63) is 0 Å². The van der Waals surface area contributed by atoms with Crippen LogP contribution in [0, 0.1) is 5.92 Å². The van der Waals surface area contributed by atoms with Gasteiger partial charge in [0.2, 0.25) is 0 Å². The average Bonchev–Trinajstić information content (AvgIpc) is 2.17. The highest BCUT2D eigenvalue weighted by Gasteiger charge is 2.11. The molecule has 0 spiro atoms. The number of nitrogens with two attached hydrogens (primary N) is 1. The highest BCUT2D eigenvalue weighted by molar-refractivity contribution is 4.71. The van der Waals surface area contributed by atoms with Crippen LogP contribution < -0.4 is 11.1 Å². The summed E-state index contributed by atoms with van der Waals surface area (Å²) in [6.45, 7) is 9.78. The lowest BCUT2D eigenvalue weighted by Crippen LogP contribution is -2.35. The predicted molar refractivity (Wildman–Crippen MR) is 57.3 cm³/mol. The van der Waals surface area contributed by atoms with E-state index in [1.54, 1.807) is 0 Å². The van der Waals surface area contributed by atoms with Gasteiger partial charge in [-0.05, 0) is 39.3 Å². The minimum atomic E-state index is 0.770. The molecule has 1 saturated heterocycles. The van der Waals surface area contributed by atoms with Crippen molar-refractivity contribution < 1.29 is 0 Å². The average molecular weight is 174 g/mol. The summed E-state index contributed by atoms with van der Waals surface area (Å²) in [5, 5.41) is 3.43. The Bertz CT molecular complexity index is 56.2. The van der Waals surface area contributed by atoms with Crippen LogP contribution in [0.3, 0.4) is 0 Å². The van der Waals surface area contributed by atoms with E-state index < -0.39 is 0 Å². The van der Waals surface area contributed by atoms with E-state index >= 15 is 0 Å².